The van der Waals surface area contributed by atoms with E-state index in [1.54, 1.807) is 22.6 Å². The zero-order valence-corrected chi connectivity index (χ0v) is 51.2. The van der Waals surface area contributed by atoms with Crippen LogP contribution < -0.4 is 0 Å². The Morgan fingerprint density at radius 3 is 1.48 bits per heavy atom. The number of hydrogen-bond acceptors (Lipinski definition) is 32. The van der Waals surface area contributed by atoms with Gasteiger partial charge in [0, 0.05) is 24.4 Å². The second-order valence-electron chi connectivity index (χ2n) is 20.0. The summed E-state index contributed by atoms with van der Waals surface area (Å²) >= 11 is 3.06. The van der Waals surface area contributed by atoms with Crippen molar-refractivity contribution in [2.24, 2.45) is 17.8 Å². The predicted molar refractivity (Wildman–Crippen MR) is 289 cm³/mol. The van der Waals surface area contributed by atoms with Crippen LogP contribution in [0.1, 0.15) is 39.5 Å². The molecule has 498 valence electrons. The van der Waals surface area contributed by atoms with Gasteiger partial charge in [0.15, 0.2) is 25.0 Å². The lowest BCUT2D eigenvalue weighted by atomic mass is 9.89. The summed E-state index contributed by atoms with van der Waals surface area (Å²) in [5.74, 6) is -8.10. The smallest absolute Gasteiger partial charge is 0.397 e. The number of carboxylic acids is 2. The van der Waals surface area contributed by atoms with E-state index in [0.29, 0.717) is 6.08 Å². The van der Waals surface area contributed by atoms with Gasteiger partial charge in [-0.3, -0.25) is 9.11 Å². The fourth-order valence-corrected chi connectivity index (χ4v) is 11.0. The molecule has 85 heavy (non-hydrogen) atoms. The summed E-state index contributed by atoms with van der Waals surface area (Å²) in [6.45, 7) is -3.18. The fourth-order valence-electron chi connectivity index (χ4n) is 9.18. The molecule has 0 aromatic heterocycles. The summed E-state index contributed by atoms with van der Waals surface area (Å²) in [5.41, 5.74) is 0. The maximum absolute atomic E-state index is 12.9. The molecular formula is C45H76I2O36S2. The van der Waals surface area contributed by atoms with Crippen LogP contribution in [-0.4, -0.2) is 311 Å². The first-order valence-electron chi connectivity index (χ1n) is 26.1. The van der Waals surface area contributed by atoms with Gasteiger partial charge in [0.1, 0.15) is 75.4 Å². The monoisotopic (exact) mass is 1510 g/mol. The van der Waals surface area contributed by atoms with E-state index >= 15 is 0 Å². The fraction of sp³-hybridized carbons (Fsp3) is 0.911. The van der Waals surface area contributed by atoms with Crippen molar-refractivity contribution in [3.8, 4) is 0 Å². The normalized spacial score (nSPS) is 35.1. The van der Waals surface area contributed by atoms with Crippen LogP contribution in [0.4, 0.5) is 0 Å². The highest BCUT2D eigenvalue weighted by atomic mass is 127. The Bertz CT molecular complexity index is 2280. The second kappa shape index (κ2) is 35.5. The lowest BCUT2D eigenvalue weighted by Gasteiger charge is -2.42. The zero-order chi connectivity index (χ0) is 63.8. The largest absolute Gasteiger partial charge is 0.479 e. The Kier molecular flexibility index (Phi) is 31.9. The van der Waals surface area contributed by atoms with Crippen LogP contribution in [0, 0.1) is 17.8 Å². The maximum atomic E-state index is 12.9. The van der Waals surface area contributed by atoms with Gasteiger partial charge in [0.05, 0.1) is 83.4 Å². The Morgan fingerprint density at radius 1 is 0.588 bits per heavy atom. The minimum atomic E-state index is -5.25. The molecule has 36 nitrogen and oxygen atoms in total. The Morgan fingerprint density at radius 2 is 1.05 bits per heavy atom. The summed E-state index contributed by atoms with van der Waals surface area (Å²) in [4.78, 5) is 24.7. The number of carboxylic acid groups (broad SMARTS) is 2. The van der Waals surface area contributed by atoms with Crippen LogP contribution in [0.5, 0.6) is 0 Å². The van der Waals surface area contributed by atoms with Gasteiger partial charge in [-0.1, -0.05) is 0 Å². The summed E-state index contributed by atoms with van der Waals surface area (Å²) < 4.78 is 134. The summed E-state index contributed by atoms with van der Waals surface area (Å²) in [6, 6.07) is 0. The summed E-state index contributed by atoms with van der Waals surface area (Å²) in [5, 5.41) is 158. The van der Waals surface area contributed by atoms with Gasteiger partial charge in [-0.2, -0.15) is 16.8 Å². The Hall–Kier alpha value is -1.24. The van der Waals surface area contributed by atoms with Gasteiger partial charge in [-0.05, 0) is 90.8 Å². The van der Waals surface area contributed by atoms with Crippen molar-refractivity contribution in [3.05, 3.63) is 11.8 Å². The average molecular weight is 1510 g/mol. The van der Waals surface area contributed by atoms with Crippen LogP contribution in [0.2, 0.25) is 0 Å². The van der Waals surface area contributed by atoms with E-state index in [9.17, 15) is 112 Å². The number of ether oxygens (including phenoxy) is 11. The molecular weight excluding hydrogens is 1430 g/mol. The number of halogens is 2. The molecule has 4 aliphatic heterocycles. The Balaban J connectivity index is 1.58. The lowest BCUT2D eigenvalue weighted by Crippen LogP contribution is -2.59. The third kappa shape index (κ3) is 23.1. The highest BCUT2D eigenvalue weighted by molar-refractivity contribution is 14.1. The second-order valence-corrected chi connectivity index (χ2v) is 24.7. The van der Waals surface area contributed by atoms with Crippen molar-refractivity contribution in [2.75, 3.05) is 59.5 Å². The van der Waals surface area contributed by atoms with Crippen molar-refractivity contribution in [2.45, 2.75) is 177 Å². The van der Waals surface area contributed by atoms with Gasteiger partial charge in [0.25, 0.3) is 0 Å². The molecule has 3 fully saturated rings. The number of aliphatic carboxylic acids is 2. The molecule has 13 unspecified atom stereocenters. The third-order valence-corrected chi connectivity index (χ3v) is 16.4. The van der Waals surface area contributed by atoms with Crippen molar-refractivity contribution in [1.82, 2.24) is 0 Å². The van der Waals surface area contributed by atoms with E-state index in [1.807, 2.05) is 0 Å². The molecule has 4 rings (SSSR count). The van der Waals surface area contributed by atoms with Gasteiger partial charge < -0.3 is 129 Å². The predicted octanol–water partition coefficient (Wildman–Crippen LogP) is -6.64. The number of aliphatic hydroxyl groups is 13. The highest BCUT2D eigenvalue weighted by Gasteiger charge is 2.51. The molecule has 17 N–H and O–H groups in total. The Labute approximate surface area is 513 Å². The lowest BCUT2D eigenvalue weighted by molar-refractivity contribution is -0.296. The molecule has 4 heterocycles. The SMILES string of the molecule is CC1O[C@@H](OCCC(CO[C@@H]2OC(C(=O)O)[C@@H](COC[C@@H](OC(CO)[C@@H](O)I)C(CCO[C@@H]3OC(C)[C@@H](O)[C@H](OS(=O)(=O)O)C3O)CO[C@@H]3OC(C(=O)O)=CC(O)C3O)C(O)C2O)[C@H](CCCO)OC(CO)[C@@H](O)I)C(O)[C@@H](OS(=O)(=O)O)[C@@H]1O. The van der Waals surface area contributed by atoms with Crippen LogP contribution in [-0.2, 0) is 90.9 Å². The van der Waals surface area contributed by atoms with Gasteiger partial charge in [-0.25, -0.2) is 18.0 Å². The van der Waals surface area contributed by atoms with Crippen molar-refractivity contribution >= 4 is 77.9 Å². The number of aliphatic hydroxyl groups excluding tert-OH is 13. The molecule has 0 aromatic rings. The van der Waals surface area contributed by atoms with Gasteiger partial charge >= 0.3 is 32.7 Å². The molecule has 26 atom stereocenters. The van der Waals surface area contributed by atoms with Crippen LogP contribution >= 0.6 is 45.2 Å². The zero-order valence-electron chi connectivity index (χ0n) is 45.2. The van der Waals surface area contributed by atoms with Crippen molar-refractivity contribution in [1.29, 1.82) is 0 Å². The van der Waals surface area contributed by atoms with Crippen LogP contribution in [0.25, 0.3) is 0 Å². The molecule has 40 heteroatoms. The molecule has 3 saturated heterocycles. The number of hydrogen-bond donors (Lipinski definition) is 17. The van der Waals surface area contributed by atoms with Crippen molar-refractivity contribution < 1.29 is 173 Å². The quantitative estimate of drug-likeness (QED) is 0.0156. The molecule has 0 radical (unpaired) electrons. The number of alkyl halides is 2. The van der Waals surface area contributed by atoms with E-state index < -0.39 is 246 Å². The van der Waals surface area contributed by atoms with E-state index in [4.69, 9.17) is 52.1 Å². The van der Waals surface area contributed by atoms with Gasteiger partial charge in [0.2, 0.25) is 12.0 Å². The third-order valence-electron chi connectivity index (χ3n) is 13.9. The van der Waals surface area contributed by atoms with Crippen LogP contribution in [0.3, 0.4) is 0 Å². The van der Waals surface area contributed by atoms with E-state index in [1.165, 1.54) is 36.4 Å². The topological polar surface area (TPSA) is 566 Å². The van der Waals surface area contributed by atoms with E-state index in [-0.39, 0.29) is 32.3 Å². The summed E-state index contributed by atoms with van der Waals surface area (Å²) in [6.07, 6.45) is -36.5. The molecule has 0 bridgehead atoms. The van der Waals surface area contributed by atoms with Crippen LogP contribution in [0.15, 0.2) is 11.8 Å². The first-order chi connectivity index (χ1) is 39.7. The maximum Gasteiger partial charge on any atom is 0.397 e. The first kappa shape index (κ1) is 76.2. The molecule has 0 saturated carbocycles. The molecule has 4 aliphatic rings. The molecule has 0 aromatic carbocycles. The minimum absolute atomic E-state index is 0.00478. The standard InChI is InChI=1S/C45H76I2O36S2/c1-17-28(52)36(82-84(65,66)67)33(57)44(76-17)72-8-5-19(23(4-3-7-48)78-25(11-49)38(46)59)13-75-43-32(56)30(54)21(35(81-43)41(63)64)15-71-16-27(79-26(12-50)39(47)60)20(14-74-42-31(55)22(51)10-24(80-42)40(61)62)6-9-73-45-34(58)37(83-85(68,69)70)29(53)18(2)77-45/h10,17-23,25-39,42-45,48-60H,3-9,11-16H2,1-2H3,(H,61,62)(H,63,64)(H,65,66,67)(H,68,69,70)/t17?,18?,19?,20?,21-,22?,23-,25?,26?,27+,28+,29+,30?,31?,32?,33?,34?,35?,36-,37-,38+,39+,42+,43+,44+,45+/m0/s1. The first-order valence-corrected chi connectivity index (χ1v) is 31.3. The van der Waals surface area contributed by atoms with Gasteiger partial charge in [-0.15, -0.1) is 0 Å². The highest BCUT2D eigenvalue weighted by Crippen LogP contribution is 2.33. The minimum Gasteiger partial charge on any atom is -0.479 e. The van der Waals surface area contributed by atoms with E-state index in [0.717, 1.165) is 0 Å². The summed E-state index contributed by atoms with van der Waals surface area (Å²) in [7, 11) is -10.5. The molecule has 0 spiro atoms. The number of rotatable bonds is 37. The number of carbonyl (C=O) groups is 2. The average Bonchev–Trinajstić information content (AvgIpc) is 3.46. The van der Waals surface area contributed by atoms with E-state index in [2.05, 4.69) is 8.37 Å². The van der Waals surface area contributed by atoms with Crippen molar-refractivity contribution in [3.63, 3.8) is 0 Å². The molecule has 0 amide bonds. The molecule has 0 aliphatic carbocycles.